The fraction of sp³-hybridized carbons (Fsp3) is 1.00. The zero-order chi connectivity index (χ0) is 14.4. The topological polar surface area (TPSA) is 21.3 Å². The van der Waals surface area contributed by atoms with Crippen LogP contribution in [0.3, 0.4) is 0 Å². The van der Waals surface area contributed by atoms with Gasteiger partial charge in [0, 0.05) is 18.7 Å². The Hall–Kier alpha value is -0.290. The molecule has 0 spiro atoms. The zero-order valence-electron chi connectivity index (χ0n) is 12.1. The first kappa shape index (κ1) is 16.1. The summed E-state index contributed by atoms with van der Waals surface area (Å²) in [5.74, 6) is 0.307. The Morgan fingerprint density at radius 1 is 0.850 bits per heavy atom. The van der Waals surface area contributed by atoms with Crippen molar-refractivity contribution in [2.75, 3.05) is 13.2 Å². The van der Waals surface area contributed by atoms with Crippen molar-refractivity contribution in [3.8, 4) is 0 Å². The van der Waals surface area contributed by atoms with Gasteiger partial charge in [-0.2, -0.15) is 13.2 Å². The summed E-state index contributed by atoms with van der Waals surface area (Å²) >= 11 is 0. The third-order valence-electron chi connectivity index (χ3n) is 4.54. The van der Waals surface area contributed by atoms with Gasteiger partial charge in [0.25, 0.3) is 0 Å². The Labute approximate surface area is 119 Å². The Morgan fingerprint density at radius 2 is 1.45 bits per heavy atom. The maximum Gasteiger partial charge on any atom is 0.411 e. The Morgan fingerprint density at radius 3 is 2.05 bits per heavy atom. The molecule has 2 rings (SSSR count). The number of halogens is 3. The Bertz CT molecular complexity index is 269. The monoisotopic (exact) mass is 293 g/mol. The quantitative estimate of drug-likeness (QED) is 0.826. The molecular formula is C15H26F3NO. The first-order valence-corrected chi connectivity index (χ1v) is 7.93. The largest absolute Gasteiger partial charge is 0.411 e. The predicted octanol–water partition coefficient (Wildman–Crippen LogP) is 4.05. The molecule has 0 aliphatic heterocycles. The average Bonchev–Trinajstić information content (AvgIpc) is 2.41. The number of hydrogen-bond acceptors (Lipinski definition) is 2. The van der Waals surface area contributed by atoms with Gasteiger partial charge in [-0.05, 0) is 44.4 Å². The summed E-state index contributed by atoms with van der Waals surface area (Å²) in [6.07, 6.45) is 6.54. The maximum atomic E-state index is 12.0. The van der Waals surface area contributed by atoms with Crippen molar-refractivity contribution in [1.29, 1.82) is 0 Å². The van der Waals surface area contributed by atoms with Gasteiger partial charge in [-0.15, -0.1) is 0 Å². The molecular weight excluding hydrogens is 267 g/mol. The molecule has 118 valence electrons. The highest BCUT2D eigenvalue weighted by molar-refractivity contribution is 4.82. The van der Waals surface area contributed by atoms with Gasteiger partial charge in [0.1, 0.15) is 6.61 Å². The van der Waals surface area contributed by atoms with Gasteiger partial charge in [0.15, 0.2) is 0 Å². The molecule has 1 N–H and O–H groups in total. The van der Waals surface area contributed by atoms with E-state index in [-0.39, 0.29) is 6.61 Å². The lowest BCUT2D eigenvalue weighted by Crippen LogP contribution is -2.41. The molecule has 0 unspecified atom stereocenters. The SMILES string of the molecule is FC(F)(F)COC[C@H]1CC[C@H](NC2CCCCC2)CC1. The summed E-state index contributed by atoms with van der Waals surface area (Å²) < 4.78 is 40.8. The molecule has 0 aromatic carbocycles. The third kappa shape index (κ3) is 6.00. The van der Waals surface area contributed by atoms with Crippen molar-refractivity contribution < 1.29 is 17.9 Å². The van der Waals surface area contributed by atoms with Gasteiger partial charge >= 0.3 is 6.18 Å². The highest BCUT2D eigenvalue weighted by Crippen LogP contribution is 2.27. The number of alkyl halides is 3. The van der Waals surface area contributed by atoms with E-state index in [1.165, 1.54) is 32.1 Å². The van der Waals surface area contributed by atoms with Crippen LogP contribution in [0.1, 0.15) is 57.8 Å². The molecule has 0 heterocycles. The number of nitrogens with one attached hydrogen (secondary N) is 1. The van der Waals surface area contributed by atoms with Crippen LogP contribution in [0.25, 0.3) is 0 Å². The van der Waals surface area contributed by atoms with Gasteiger partial charge in [-0.3, -0.25) is 0 Å². The van der Waals surface area contributed by atoms with Crippen molar-refractivity contribution in [3.63, 3.8) is 0 Å². The van der Waals surface area contributed by atoms with Crippen molar-refractivity contribution in [2.24, 2.45) is 5.92 Å². The summed E-state index contributed by atoms with van der Waals surface area (Å²) in [5.41, 5.74) is 0. The minimum absolute atomic E-state index is 0.260. The number of rotatable bonds is 5. The normalized spacial score (nSPS) is 29.6. The second kappa shape index (κ2) is 7.64. The molecule has 20 heavy (non-hydrogen) atoms. The van der Waals surface area contributed by atoms with Crippen LogP contribution in [0, 0.1) is 5.92 Å². The van der Waals surface area contributed by atoms with E-state index >= 15 is 0 Å². The molecule has 0 aromatic heterocycles. The minimum atomic E-state index is -4.19. The van der Waals surface area contributed by atoms with Crippen LogP contribution >= 0.6 is 0 Å². The summed E-state index contributed by atoms with van der Waals surface area (Å²) in [6, 6.07) is 1.24. The molecule has 5 heteroatoms. The first-order chi connectivity index (χ1) is 9.53. The smallest absolute Gasteiger partial charge is 0.372 e. The zero-order valence-corrected chi connectivity index (χ0v) is 12.1. The summed E-state index contributed by atoms with van der Waals surface area (Å²) in [4.78, 5) is 0. The van der Waals surface area contributed by atoms with Gasteiger partial charge in [-0.25, -0.2) is 0 Å². The first-order valence-electron chi connectivity index (χ1n) is 7.93. The molecule has 0 saturated heterocycles. The summed E-state index contributed by atoms with van der Waals surface area (Å²) in [5, 5.41) is 3.74. The van der Waals surface area contributed by atoms with Crippen molar-refractivity contribution in [1.82, 2.24) is 5.32 Å². The van der Waals surface area contributed by atoms with Crippen LogP contribution in [0.4, 0.5) is 13.2 Å². The van der Waals surface area contributed by atoms with E-state index in [0.29, 0.717) is 18.0 Å². The molecule has 0 amide bonds. The fourth-order valence-electron chi connectivity index (χ4n) is 3.44. The molecule has 0 bridgehead atoms. The van der Waals surface area contributed by atoms with Gasteiger partial charge in [0.2, 0.25) is 0 Å². The molecule has 2 aliphatic carbocycles. The molecule has 2 saturated carbocycles. The van der Waals surface area contributed by atoms with E-state index in [0.717, 1.165) is 25.7 Å². The van der Waals surface area contributed by atoms with E-state index in [9.17, 15) is 13.2 Å². The second-order valence-electron chi connectivity index (χ2n) is 6.35. The minimum Gasteiger partial charge on any atom is -0.372 e. The van der Waals surface area contributed by atoms with Crippen LogP contribution in [0.5, 0.6) is 0 Å². The van der Waals surface area contributed by atoms with E-state index in [4.69, 9.17) is 4.74 Å². The Balaban J connectivity index is 1.57. The van der Waals surface area contributed by atoms with Crippen LogP contribution < -0.4 is 5.32 Å². The van der Waals surface area contributed by atoms with Crippen molar-refractivity contribution in [3.05, 3.63) is 0 Å². The maximum absolute atomic E-state index is 12.0. The highest BCUT2D eigenvalue weighted by atomic mass is 19.4. The lowest BCUT2D eigenvalue weighted by Gasteiger charge is -2.33. The van der Waals surface area contributed by atoms with Gasteiger partial charge < -0.3 is 10.1 Å². The second-order valence-corrected chi connectivity index (χ2v) is 6.35. The Kier molecular flexibility index (Phi) is 6.15. The van der Waals surface area contributed by atoms with Crippen LogP contribution in [-0.2, 0) is 4.74 Å². The van der Waals surface area contributed by atoms with Crippen molar-refractivity contribution in [2.45, 2.75) is 76.0 Å². The molecule has 0 radical (unpaired) electrons. The van der Waals surface area contributed by atoms with Crippen LogP contribution in [0.15, 0.2) is 0 Å². The van der Waals surface area contributed by atoms with Gasteiger partial charge in [0.05, 0.1) is 0 Å². The average molecular weight is 293 g/mol. The van der Waals surface area contributed by atoms with Crippen LogP contribution in [-0.4, -0.2) is 31.5 Å². The molecule has 2 aliphatic rings. The van der Waals surface area contributed by atoms with E-state index in [1.807, 2.05) is 0 Å². The van der Waals surface area contributed by atoms with E-state index in [1.54, 1.807) is 0 Å². The molecule has 2 fully saturated rings. The molecule has 0 atom stereocenters. The van der Waals surface area contributed by atoms with Crippen LogP contribution in [0.2, 0.25) is 0 Å². The fourth-order valence-corrected chi connectivity index (χ4v) is 3.44. The standard InChI is InChI=1S/C15H26F3NO/c16-15(17,18)11-20-10-12-6-8-14(9-7-12)19-13-4-2-1-3-5-13/h12-14,19H,1-11H2/t12-,14-. The van der Waals surface area contributed by atoms with Gasteiger partial charge in [-0.1, -0.05) is 19.3 Å². The van der Waals surface area contributed by atoms with Crippen molar-refractivity contribution >= 4 is 0 Å². The number of ether oxygens (including phenoxy) is 1. The molecule has 0 aromatic rings. The summed E-state index contributed by atoms with van der Waals surface area (Å²) in [7, 11) is 0. The summed E-state index contributed by atoms with van der Waals surface area (Å²) in [6.45, 7) is -0.844. The highest BCUT2D eigenvalue weighted by Gasteiger charge is 2.29. The lowest BCUT2D eigenvalue weighted by molar-refractivity contribution is -0.177. The van der Waals surface area contributed by atoms with E-state index in [2.05, 4.69) is 5.32 Å². The lowest BCUT2D eigenvalue weighted by atomic mass is 9.85. The van der Waals surface area contributed by atoms with E-state index < -0.39 is 12.8 Å². The number of hydrogen-bond donors (Lipinski definition) is 1. The molecule has 2 nitrogen and oxygen atoms in total. The predicted molar refractivity (Wildman–Crippen MR) is 72.6 cm³/mol. The third-order valence-corrected chi connectivity index (χ3v) is 4.54.